The molecule has 1 aliphatic rings. The SMILES string of the molecule is NC1CCCCc2cn(Cc3ccc(Br)cc3Cl)cc21. The van der Waals surface area contributed by atoms with E-state index in [4.69, 9.17) is 17.3 Å². The number of nitrogens with zero attached hydrogens (tertiary/aromatic N) is 1. The molecule has 1 unspecified atom stereocenters. The highest BCUT2D eigenvalue weighted by Crippen LogP contribution is 2.29. The lowest BCUT2D eigenvalue weighted by Crippen LogP contribution is -2.09. The van der Waals surface area contributed by atoms with E-state index in [9.17, 15) is 0 Å². The average Bonchev–Trinajstić information content (AvgIpc) is 2.73. The highest BCUT2D eigenvalue weighted by Gasteiger charge is 2.17. The van der Waals surface area contributed by atoms with E-state index in [1.54, 1.807) is 0 Å². The normalized spacial score (nSPS) is 18.6. The van der Waals surface area contributed by atoms with E-state index >= 15 is 0 Å². The molecule has 2 N–H and O–H groups in total. The molecule has 3 rings (SSSR count). The highest BCUT2D eigenvalue weighted by atomic mass is 79.9. The molecule has 0 fully saturated rings. The molecule has 0 radical (unpaired) electrons. The fourth-order valence-electron chi connectivity index (χ4n) is 2.89. The maximum Gasteiger partial charge on any atom is 0.0485 e. The first-order valence-corrected chi connectivity index (χ1v) is 8.18. The van der Waals surface area contributed by atoms with Crippen molar-refractivity contribution in [1.29, 1.82) is 0 Å². The molecule has 2 nitrogen and oxygen atoms in total. The molecule has 20 heavy (non-hydrogen) atoms. The summed E-state index contributed by atoms with van der Waals surface area (Å²) >= 11 is 9.73. The van der Waals surface area contributed by atoms with Gasteiger partial charge < -0.3 is 10.3 Å². The predicted molar refractivity (Wildman–Crippen MR) is 87.2 cm³/mol. The third-order valence-electron chi connectivity index (χ3n) is 3.98. The summed E-state index contributed by atoms with van der Waals surface area (Å²) < 4.78 is 3.22. The molecule has 1 aromatic carbocycles. The van der Waals surface area contributed by atoms with Gasteiger partial charge in [0, 0.05) is 34.5 Å². The van der Waals surface area contributed by atoms with Crippen molar-refractivity contribution >= 4 is 27.5 Å². The van der Waals surface area contributed by atoms with Crippen LogP contribution in [0, 0.1) is 0 Å². The number of halogens is 2. The Kier molecular flexibility index (Phi) is 4.20. The minimum atomic E-state index is 0.189. The van der Waals surface area contributed by atoms with Crippen LogP contribution in [-0.2, 0) is 13.0 Å². The second kappa shape index (κ2) is 5.92. The van der Waals surface area contributed by atoms with E-state index < -0.39 is 0 Å². The number of fused-ring (bicyclic) bond motifs is 1. The second-order valence-corrected chi connectivity index (χ2v) is 6.82. The van der Waals surface area contributed by atoms with E-state index in [-0.39, 0.29) is 6.04 Å². The van der Waals surface area contributed by atoms with Crippen LogP contribution >= 0.6 is 27.5 Å². The summed E-state index contributed by atoms with van der Waals surface area (Å²) in [5.41, 5.74) is 10.1. The first-order valence-electron chi connectivity index (χ1n) is 7.01. The molecular weight excluding hydrogens is 336 g/mol. The lowest BCUT2D eigenvalue weighted by Gasteiger charge is -2.08. The van der Waals surface area contributed by atoms with Crippen LogP contribution in [0.5, 0.6) is 0 Å². The Labute approximate surface area is 133 Å². The van der Waals surface area contributed by atoms with Gasteiger partial charge in [0.15, 0.2) is 0 Å². The number of aryl methyl sites for hydroxylation is 1. The van der Waals surface area contributed by atoms with Crippen LogP contribution in [0.25, 0.3) is 0 Å². The Morgan fingerprint density at radius 1 is 1.30 bits per heavy atom. The summed E-state index contributed by atoms with van der Waals surface area (Å²) in [6.45, 7) is 0.797. The molecule has 1 aliphatic carbocycles. The van der Waals surface area contributed by atoms with Gasteiger partial charge in [0.1, 0.15) is 0 Å². The molecule has 1 heterocycles. The second-order valence-electron chi connectivity index (χ2n) is 5.50. The van der Waals surface area contributed by atoms with Crippen molar-refractivity contribution in [3.8, 4) is 0 Å². The van der Waals surface area contributed by atoms with Gasteiger partial charge in [-0.15, -0.1) is 0 Å². The van der Waals surface area contributed by atoms with E-state index in [1.165, 1.54) is 24.0 Å². The maximum atomic E-state index is 6.29. The fraction of sp³-hybridized carbons (Fsp3) is 0.375. The van der Waals surface area contributed by atoms with Gasteiger partial charge in [0.2, 0.25) is 0 Å². The zero-order valence-corrected chi connectivity index (χ0v) is 13.6. The van der Waals surface area contributed by atoms with Crippen molar-refractivity contribution in [3.05, 3.63) is 56.8 Å². The van der Waals surface area contributed by atoms with Gasteiger partial charge in [-0.25, -0.2) is 0 Å². The Bertz CT molecular complexity index is 621. The quantitative estimate of drug-likeness (QED) is 0.781. The number of hydrogen-bond acceptors (Lipinski definition) is 1. The lowest BCUT2D eigenvalue weighted by atomic mass is 10.1. The first kappa shape index (κ1) is 14.2. The van der Waals surface area contributed by atoms with Gasteiger partial charge in [0.25, 0.3) is 0 Å². The molecular formula is C16H18BrClN2. The predicted octanol–water partition coefficient (Wildman–Crippen LogP) is 4.68. The maximum absolute atomic E-state index is 6.29. The number of aromatic nitrogens is 1. The Hall–Kier alpha value is -0.770. The largest absolute Gasteiger partial charge is 0.349 e. The van der Waals surface area contributed by atoms with E-state index in [2.05, 4.69) is 39.0 Å². The van der Waals surface area contributed by atoms with E-state index in [0.717, 1.165) is 34.4 Å². The summed E-state index contributed by atoms with van der Waals surface area (Å²) in [5.74, 6) is 0. The molecule has 1 aromatic heterocycles. The van der Waals surface area contributed by atoms with Crippen molar-refractivity contribution in [2.75, 3.05) is 0 Å². The number of rotatable bonds is 2. The number of benzene rings is 1. The highest BCUT2D eigenvalue weighted by molar-refractivity contribution is 9.10. The fourth-order valence-corrected chi connectivity index (χ4v) is 3.62. The molecule has 106 valence electrons. The van der Waals surface area contributed by atoms with Gasteiger partial charge in [-0.05, 0) is 48.1 Å². The lowest BCUT2D eigenvalue weighted by molar-refractivity contribution is 0.610. The Morgan fingerprint density at radius 2 is 2.15 bits per heavy atom. The summed E-state index contributed by atoms with van der Waals surface area (Å²) in [6.07, 6.45) is 9.14. The summed E-state index contributed by atoms with van der Waals surface area (Å²) in [4.78, 5) is 0. The van der Waals surface area contributed by atoms with Crippen LogP contribution in [0.1, 0.15) is 42.0 Å². The van der Waals surface area contributed by atoms with Crippen LogP contribution in [0.4, 0.5) is 0 Å². The standard InChI is InChI=1S/C16H18BrClN2/c17-13-6-5-12(15(18)7-13)9-20-8-11-3-1-2-4-16(19)14(11)10-20/h5-8,10,16H,1-4,9,19H2. The topological polar surface area (TPSA) is 30.9 Å². The third kappa shape index (κ3) is 2.95. The van der Waals surface area contributed by atoms with Crippen molar-refractivity contribution in [2.24, 2.45) is 5.73 Å². The third-order valence-corrected chi connectivity index (χ3v) is 4.82. The summed E-state index contributed by atoms with van der Waals surface area (Å²) in [5, 5.41) is 0.799. The van der Waals surface area contributed by atoms with Crippen molar-refractivity contribution < 1.29 is 0 Å². The van der Waals surface area contributed by atoms with Crippen molar-refractivity contribution in [3.63, 3.8) is 0 Å². The summed E-state index contributed by atoms with van der Waals surface area (Å²) in [7, 11) is 0. The molecule has 0 bridgehead atoms. The molecule has 0 amide bonds. The molecule has 4 heteroatoms. The van der Waals surface area contributed by atoms with Crippen molar-refractivity contribution in [1.82, 2.24) is 4.57 Å². The van der Waals surface area contributed by atoms with Gasteiger partial charge in [-0.1, -0.05) is 40.0 Å². The molecule has 1 atom stereocenters. The Balaban J connectivity index is 1.87. The van der Waals surface area contributed by atoms with Gasteiger partial charge in [-0.3, -0.25) is 0 Å². The van der Waals surface area contributed by atoms with Crippen LogP contribution < -0.4 is 5.73 Å². The average molecular weight is 354 g/mol. The van der Waals surface area contributed by atoms with Gasteiger partial charge >= 0.3 is 0 Å². The van der Waals surface area contributed by atoms with Crippen LogP contribution in [0.2, 0.25) is 5.02 Å². The first-order chi connectivity index (χ1) is 9.63. The smallest absolute Gasteiger partial charge is 0.0485 e. The number of hydrogen-bond donors (Lipinski definition) is 1. The van der Waals surface area contributed by atoms with Gasteiger partial charge in [-0.2, -0.15) is 0 Å². The monoisotopic (exact) mass is 352 g/mol. The molecule has 0 aliphatic heterocycles. The summed E-state index contributed by atoms with van der Waals surface area (Å²) in [6, 6.07) is 6.23. The van der Waals surface area contributed by atoms with E-state index in [0.29, 0.717) is 0 Å². The number of nitrogens with two attached hydrogens (primary N) is 1. The zero-order valence-electron chi connectivity index (χ0n) is 11.3. The van der Waals surface area contributed by atoms with Crippen LogP contribution in [0.3, 0.4) is 0 Å². The minimum Gasteiger partial charge on any atom is -0.349 e. The van der Waals surface area contributed by atoms with Gasteiger partial charge in [0.05, 0.1) is 0 Å². The molecule has 2 aromatic rings. The van der Waals surface area contributed by atoms with Crippen LogP contribution in [-0.4, -0.2) is 4.57 Å². The zero-order chi connectivity index (χ0) is 14.1. The van der Waals surface area contributed by atoms with E-state index in [1.807, 2.05) is 12.1 Å². The van der Waals surface area contributed by atoms with Crippen molar-refractivity contribution in [2.45, 2.75) is 38.3 Å². The molecule has 0 saturated carbocycles. The molecule has 0 saturated heterocycles. The minimum absolute atomic E-state index is 0.189. The molecule has 0 spiro atoms. The van der Waals surface area contributed by atoms with Crippen LogP contribution in [0.15, 0.2) is 35.1 Å². The Morgan fingerprint density at radius 3 is 2.95 bits per heavy atom.